The zero-order valence-electron chi connectivity index (χ0n) is 71.9. The molecule has 0 bridgehead atoms. The number of carbonyl (C=O) groups is 17. The molecular weight excluding hydrogens is 1760 g/mol. The number of hydrogen-bond acceptors (Lipinski definition) is 38. The minimum atomic E-state index is -1.21. The van der Waals surface area contributed by atoms with Gasteiger partial charge in [-0.05, 0) is 195 Å². The summed E-state index contributed by atoms with van der Waals surface area (Å²) in [5.74, 6) is -12.1. The lowest BCUT2D eigenvalue weighted by Gasteiger charge is -2.19. The van der Waals surface area contributed by atoms with E-state index in [4.69, 9.17) is 78.4 Å². The Morgan fingerprint density at radius 2 is 0.541 bits per heavy atom. The minimum absolute atomic E-state index is 0. The SMILES string of the molecule is C.CC(C)(C)OC(=O)COC(=O)c1ccc(O)cc1.COC(=O)C(Cc1ccc(O)cc1)NC(=O)CO.COC(=O)C(Cc1ccc(O)cc1)NC(=O)COC(=O)COC(=O)c1ccc(O)cc1.COC(=O)COc1ccc(CC(NC(=O)COC(=O)COC(=O)c2ccc(OCC(=O)OC)cc2)C(=O)OC)cc1.O=C(O)COC(=O)c1ccc(O)cc1.O=C(O)c1ccc(O)cc1. The number of rotatable bonds is 36. The fourth-order valence-electron chi connectivity index (χ4n) is 9.48. The lowest BCUT2D eigenvalue weighted by Crippen LogP contribution is -2.44. The molecule has 8 aromatic carbocycles. The number of phenolic OH excluding ortho intramolecular Hbond substituents is 6. The smallest absolute Gasteiger partial charge is 0.344 e. The number of aromatic hydroxyl groups is 6. The Kier molecular flexibility index (Phi) is 50.6. The highest BCUT2D eigenvalue weighted by atomic mass is 16.6. The summed E-state index contributed by atoms with van der Waals surface area (Å²) < 4.78 is 66.7. The predicted molar refractivity (Wildman–Crippen MR) is 457 cm³/mol. The molecule has 0 aliphatic heterocycles. The fraction of sp³-hybridized carbons (Fsp3) is 0.278. The van der Waals surface area contributed by atoms with Gasteiger partial charge in [0.25, 0.3) is 11.8 Å². The van der Waals surface area contributed by atoms with Crippen LogP contribution in [0.3, 0.4) is 0 Å². The van der Waals surface area contributed by atoms with Crippen LogP contribution in [-0.2, 0) is 134 Å². The Bertz CT molecular complexity index is 5120. The van der Waals surface area contributed by atoms with E-state index in [-0.39, 0.29) is 102 Å². The Morgan fingerprint density at radius 1 is 0.293 bits per heavy atom. The van der Waals surface area contributed by atoms with Crippen molar-refractivity contribution in [2.24, 2.45) is 0 Å². The number of phenols is 6. The van der Waals surface area contributed by atoms with Crippen LogP contribution in [0, 0.1) is 0 Å². The molecule has 43 heteroatoms. The van der Waals surface area contributed by atoms with Gasteiger partial charge in [-0.2, -0.15) is 0 Å². The number of hydrogen-bond donors (Lipinski definition) is 12. The Morgan fingerprint density at radius 3 is 0.805 bits per heavy atom. The van der Waals surface area contributed by atoms with E-state index in [0.717, 1.165) is 12.7 Å². The second kappa shape index (κ2) is 60.0. The number of ether oxygens (including phenoxy) is 14. The van der Waals surface area contributed by atoms with Gasteiger partial charge in [0.1, 0.15) is 76.3 Å². The van der Waals surface area contributed by atoms with Gasteiger partial charge >= 0.3 is 83.6 Å². The predicted octanol–water partition coefficient (Wildman–Crippen LogP) is 4.92. The van der Waals surface area contributed by atoms with Gasteiger partial charge in [-0.25, -0.2) is 67.1 Å². The first-order valence-electron chi connectivity index (χ1n) is 38.3. The van der Waals surface area contributed by atoms with E-state index in [2.05, 4.69) is 39.6 Å². The number of carboxylic acids is 2. The van der Waals surface area contributed by atoms with E-state index in [1.165, 1.54) is 174 Å². The zero-order chi connectivity index (χ0) is 98.4. The average molecular weight is 1860 g/mol. The number of carboxylic acid groups (broad SMARTS) is 2. The van der Waals surface area contributed by atoms with Crippen molar-refractivity contribution in [1.82, 2.24) is 16.0 Å². The van der Waals surface area contributed by atoms with Crippen molar-refractivity contribution in [3.8, 4) is 46.0 Å². The molecule has 3 unspecified atom stereocenters. The van der Waals surface area contributed by atoms with Crippen LogP contribution in [0.4, 0.5) is 0 Å². The number of nitrogens with one attached hydrogen (secondary N) is 3. The number of aromatic carboxylic acids is 1. The lowest BCUT2D eigenvalue weighted by atomic mass is 10.1. The maximum atomic E-state index is 12.3. The third-order valence-electron chi connectivity index (χ3n) is 15.8. The Hall–Kier alpha value is -16.9. The van der Waals surface area contributed by atoms with E-state index in [9.17, 15) is 91.7 Å². The van der Waals surface area contributed by atoms with Crippen molar-refractivity contribution in [3.63, 3.8) is 0 Å². The van der Waals surface area contributed by atoms with E-state index >= 15 is 0 Å². The van der Waals surface area contributed by atoms with Gasteiger partial charge in [0, 0.05) is 19.3 Å². The molecule has 0 fully saturated rings. The molecule has 0 aliphatic carbocycles. The molecule has 714 valence electrons. The van der Waals surface area contributed by atoms with E-state index in [1.54, 1.807) is 69.3 Å². The average Bonchev–Trinajstić information content (AvgIpc) is 0.872. The molecule has 0 aliphatic rings. The molecule has 8 rings (SSSR count). The summed E-state index contributed by atoms with van der Waals surface area (Å²) in [7, 11) is 6.00. The van der Waals surface area contributed by atoms with Crippen LogP contribution in [0.1, 0.15) is 96.7 Å². The topological polar surface area (TPSA) is 638 Å². The summed E-state index contributed by atoms with van der Waals surface area (Å²) in [5, 5.41) is 86.8. The summed E-state index contributed by atoms with van der Waals surface area (Å²) in [6.45, 7) is -0.0986. The first-order valence-corrected chi connectivity index (χ1v) is 38.3. The van der Waals surface area contributed by atoms with Gasteiger partial charge in [0.05, 0.1) is 63.4 Å². The number of aliphatic hydroxyl groups is 1. The van der Waals surface area contributed by atoms with E-state index in [0.29, 0.717) is 22.6 Å². The van der Waals surface area contributed by atoms with Crippen LogP contribution in [0.5, 0.6) is 46.0 Å². The molecule has 0 spiro atoms. The van der Waals surface area contributed by atoms with Crippen molar-refractivity contribution in [1.29, 1.82) is 0 Å². The molecule has 0 saturated carbocycles. The standard InChI is InChI=1S/C27H29NO13.C21H21NO9.C13H16O5.C12H15NO5.C9H8O5.C7H6O3.CH4/c1-35-23(30)14-38-19-8-4-17(5-9-19)12-21(27(34)37-3)28-22(29)13-40-25(32)16-41-26(33)18-6-10-20(11-7-18)39-15-24(31)36-2;1-29-21(28)17(10-13-2-6-15(23)7-3-13)22-18(25)11-30-19(26)12-31-20(27)14-4-8-16(24)9-5-14;1-13(2,3)18-11(15)8-17-12(16)9-4-6-10(14)7-5-9;1-18-12(17)10(13-11(16)7-14)6-8-2-4-9(15)5-3-8;10-7-3-1-6(2-4-7)9(13)14-5-8(11)12;8-6-3-1-5(2-4-6)7(9)10;/h4-11,21H,12-16H2,1-3H3,(H,28,29);2-9,17,23-24H,10-12H2,1H3,(H,22,25);4-7,14H,8H2,1-3H3;2-5,10,14-15H,6-7H2,1H3,(H,13,16);1-4,10H,5H2,(H,11,12);1-4,8H,(H,9,10);1H4. The maximum absolute atomic E-state index is 12.3. The molecule has 12 N–H and O–H groups in total. The van der Waals surface area contributed by atoms with E-state index < -0.39 is 171 Å². The first kappa shape index (κ1) is 112. The maximum Gasteiger partial charge on any atom is 0.344 e. The normalized spacial score (nSPS) is 10.7. The number of aliphatic carboxylic acids is 1. The first-order chi connectivity index (χ1) is 62.5. The van der Waals surface area contributed by atoms with Crippen LogP contribution in [-0.4, -0.2) is 266 Å². The minimum Gasteiger partial charge on any atom is -0.508 e. The van der Waals surface area contributed by atoms with Crippen LogP contribution in [0.25, 0.3) is 0 Å². The number of esters is 12. The van der Waals surface area contributed by atoms with Crippen molar-refractivity contribution < 1.29 is 194 Å². The van der Waals surface area contributed by atoms with Gasteiger partial charge in [0.2, 0.25) is 5.91 Å². The Labute approximate surface area is 758 Å². The van der Waals surface area contributed by atoms with Crippen molar-refractivity contribution in [3.05, 3.63) is 239 Å². The highest BCUT2D eigenvalue weighted by Gasteiger charge is 2.27. The highest BCUT2D eigenvalue weighted by molar-refractivity contribution is 5.94. The summed E-state index contributed by atoms with van der Waals surface area (Å²) >= 11 is 0. The van der Waals surface area contributed by atoms with Gasteiger partial charge in [-0.3, -0.25) is 14.4 Å². The van der Waals surface area contributed by atoms with Crippen LogP contribution in [0.15, 0.2) is 194 Å². The Balaban J connectivity index is 0.000000573. The molecule has 133 heavy (non-hydrogen) atoms. The van der Waals surface area contributed by atoms with Gasteiger partial charge < -0.3 is 128 Å². The van der Waals surface area contributed by atoms with Crippen LogP contribution < -0.4 is 25.4 Å². The highest BCUT2D eigenvalue weighted by Crippen LogP contribution is 2.20. The largest absolute Gasteiger partial charge is 0.508 e. The number of methoxy groups -OCH3 is 5. The number of carbonyl (C=O) groups excluding carboxylic acids is 15. The molecule has 0 aromatic heterocycles. The van der Waals surface area contributed by atoms with Crippen LogP contribution >= 0.6 is 0 Å². The second-order valence-corrected chi connectivity index (χ2v) is 27.0. The molecule has 0 radical (unpaired) electrons. The molecule has 43 nitrogen and oxygen atoms in total. The van der Waals surface area contributed by atoms with Crippen molar-refractivity contribution in [2.75, 3.05) is 95.0 Å². The third kappa shape index (κ3) is 47.5. The quantitative estimate of drug-likeness (QED) is 0.0183. The molecule has 0 saturated heterocycles. The second-order valence-electron chi connectivity index (χ2n) is 27.0. The van der Waals surface area contributed by atoms with Gasteiger partial charge in [-0.15, -0.1) is 0 Å². The molecule has 0 heterocycles. The monoisotopic (exact) mass is 1860 g/mol. The van der Waals surface area contributed by atoms with Crippen molar-refractivity contribution >= 4 is 101 Å². The molecule has 3 atom stereocenters. The molecule has 8 aromatic rings. The van der Waals surface area contributed by atoms with Gasteiger partial charge in [0.15, 0.2) is 52.9 Å². The van der Waals surface area contributed by atoms with Crippen molar-refractivity contribution in [2.45, 2.75) is 71.2 Å². The number of amides is 3. The lowest BCUT2D eigenvalue weighted by molar-refractivity contribution is -0.158. The summed E-state index contributed by atoms with van der Waals surface area (Å²) in [6, 6.07) is 42.7. The van der Waals surface area contributed by atoms with E-state index in [1.807, 2.05) is 0 Å². The molecular formula is C90H99N3O40. The summed E-state index contributed by atoms with van der Waals surface area (Å²) in [5.41, 5.74) is 2.30. The van der Waals surface area contributed by atoms with Gasteiger partial charge in [-0.1, -0.05) is 43.8 Å². The number of aliphatic hydroxyl groups excluding tert-OH is 1. The number of benzene rings is 8. The van der Waals surface area contributed by atoms with Crippen LogP contribution in [0.2, 0.25) is 0 Å². The molecule has 3 amide bonds. The summed E-state index contributed by atoms with van der Waals surface area (Å²) in [6.07, 6.45) is 0.364. The zero-order valence-corrected chi connectivity index (χ0v) is 71.9. The fourth-order valence-corrected chi connectivity index (χ4v) is 9.48. The summed E-state index contributed by atoms with van der Waals surface area (Å²) in [4.78, 5) is 195. The third-order valence-corrected chi connectivity index (χ3v) is 15.8.